The van der Waals surface area contributed by atoms with E-state index in [1.54, 1.807) is 25.4 Å². The fourth-order valence-corrected chi connectivity index (χ4v) is 3.27. The van der Waals surface area contributed by atoms with Gasteiger partial charge in [-0.15, -0.1) is 0 Å². The molecule has 0 aliphatic heterocycles. The quantitative estimate of drug-likeness (QED) is 0.620. The first-order valence-corrected chi connectivity index (χ1v) is 8.75. The molecule has 2 aromatic rings. The smallest absolute Gasteiger partial charge is 0.138 e. The third-order valence-corrected chi connectivity index (χ3v) is 4.47. The van der Waals surface area contributed by atoms with E-state index in [2.05, 4.69) is 11.9 Å². The van der Waals surface area contributed by atoms with Crippen LogP contribution in [0.15, 0.2) is 26.4 Å². The van der Waals surface area contributed by atoms with Gasteiger partial charge in [0.15, 0.2) is 0 Å². The first-order valence-electron chi connectivity index (χ1n) is 7.67. The Morgan fingerprint density at radius 2 is 2.17 bits per heavy atom. The molecule has 5 nitrogen and oxygen atoms in total. The van der Waals surface area contributed by atoms with Gasteiger partial charge in [0.25, 0.3) is 0 Å². The number of furan rings is 1. The lowest BCUT2D eigenvalue weighted by molar-refractivity contribution is 0.534. The van der Waals surface area contributed by atoms with Crippen molar-refractivity contribution in [2.24, 2.45) is 4.99 Å². The highest BCUT2D eigenvalue weighted by Gasteiger charge is 2.20. The van der Waals surface area contributed by atoms with Crippen LogP contribution in [0, 0.1) is 5.41 Å². The van der Waals surface area contributed by atoms with Gasteiger partial charge in [-0.2, -0.15) is 0 Å². The number of benzene rings is 1. The van der Waals surface area contributed by atoms with Gasteiger partial charge in [-0.05, 0) is 36.1 Å². The maximum Gasteiger partial charge on any atom is 0.138 e. The van der Waals surface area contributed by atoms with E-state index in [-0.39, 0.29) is 4.90 Å². The molecule has 1 N–H and O–H groups in total. The van der Waals surface area contributed by atoms with Crippen molar-refractivity contribution in [3.63, 3.8) is 0 Å². The van der Waals surface area contributed by atoms with Crippen LogP contribution in [0.1, 0.15) is 43.1 Å². The summed E-state index contributed by atoms with van der Waals surface area (Å²) in [5.41, 5.74) is 2.37. The van der Waals surface area contributed by atoms with Crippen molar-refractivity contribution in [3.8, 4) is 0 Å². The van der Waals surface area contributed by atoms with Crippen LogP contribution < -0.4 is 0 Å². The number of aryl methyl sites for hydroxylation is 2. The van der Waals surface area contributed by atoms with Crippen LogP contribution in [0.2, 0.25) is 0 Å². The molecule has 1 heterocycles. The van der Waals surface area contributed by atoms with Crippen LogP contribution in [-0.2, 0) is 23.9 Å². The molecular weight excluding hydrogens is 312 g/mol. The molecule has 124 valence electrons. The van der Waals surface area contributed by atoms with Crippen molar-refractivity contribution in [3.05, 3.63) is 29.0 Å². The zero-order chi connectivity index (χ0) is 17.0. The Morgan fingerprint density at radius 1 is 1.43 bits per heavy atom. The van der Waals surface area contributed by atoms with Crippen molar-refractivity contribution in [2.45, 2.75) is 43.9 Å². The predicted molar refractivity (Wildman–Crippen MR) is 92.7 cm³/mol. The molecule has 0 saturated heterocycles. The van der Waals surface area contributed by atoms with Gasteiger partial charge in [-0.3, -0.25) is 9.20 Å². The molecule has 0 aliphatic carbocycles. The first kappa shape index (κ1) is 17.6. The highest BCUT2D eigenvalue weighted by atomic mass is 32.2. The summed E-state index contributed by atoms with van der Waals surface area (Å²) in [5.74, 6) is 0.494. The third kappa shape index (κ3) is 3.43. The van der Waals surface area contributed by atoms with Crippen LogP contribution in [-0.4, -0.2) is 28.2 Å². The van der Waals surface area contributed by atoms with Crippen molar-refractivity contribution in [2.75, 3.05) is 7.05 Å². The van der Waals surface area contributed by atoms with Gasteiger partial charge in [0, 0.05) is 47.3 Å². The molecule has 0 fully saturated rings. The van der Waals surface area contributed by atoms with E-state index in [4.69, 9.17) is 9.83 Å². The summed E-state index contributed by atoms with van der Waals surface area (Å²) in [6.07, 6.45) is 5.39. The van der Waals surface area contributed by atoms with E-state index < -0.39 is 17.0 Å². The lowest BCUT2D eigenvalue weighted by atomic mass is 9.97. The average Bonchev–Trinajstić information content (AvgIpc) is 2.89. The van der Waals surface area contributed by atoms with E-state index in [9.17, 15) is 8.76 Å². The molecule has 1 aromatic heterocycles. The number of nitrogens with one attached hydrogen (secondary N) is 1. The molecule has 2 rings (SSSR count). The van der Waals surface area contributed by atoms with Crippen molar-refractivity contribution in [1.29, 1.82) is 5.41 Å². The number of nitrogens with zero attached hydrogens (tertiary/aromatic N) is 1. The SMILES string of the molecule is CCCc1oc2c(C(C=N)C=NC)cc(S(=O)[O-])cc2c1CC. The zero-order valence-corrected chi connectivity index (χ0v) is 14.4. The molecule has 2 atom stereocenters. The lowest BCUT2D eigenvalue weighted by Crippen LogP contribution is -2.03. The van der Waals surface area contributed by atoms with Crippen LogP contribution >= 0.6 is 0 Å². The van der Waals surface area contributed by atoms with E-state index in [1.807, 2.05) is 6.92 Å². The fraction of sp³-hybridized carbons (Fsp3) is 0.412. The summed E-state index contributed by atoms with van der Waals surface area (Å²) in [7, 11) is 1.63. The van der Waals surface area contributed by atoms with Crippen LogP contribution in [0.5, 0.6) is 0 Å². The fourth-order valence-electron chi connectivity index (χ4n) is 2.83. The van der Waals surface area contributed by atoms with Gasteiger partial charge in [0.1, 0.15) is 11.3 Å². The minimum Gasteiger partial charge on any atom is -0.768 e. The van der Waals surface area contributed by atoms with Gasteiger partial charge < -0.3 is 14.4 Å². The topological polar surface area (TPSA) is 89.5 Å². The van der Waals surface area contributed by atoms with Gasteiger partial charge in [0.2, 0.25) is 0 Å². The van der Waals surface area contributed by atoms with Gasteiger partial charge >= 0.3 is 0 Å². The first-order chi connectivity index (χ1) is 11.1. The van der Waals surface area contributed by atoms with Crippen LogP contribution in [0.3, 0.4) is 0 Å². The highest BCUT2D eigenvalue weighted by molar-refractivity contribution is 7.79. The second kappa shape index (κ2) is 7.66. The molecule has 1 aromatic carbocycles. The van der Waals surface area contributed by atoms with E-state index in [0.717, 1.165) is 36.0 Å². The normalized spacial score (nSPS) is 14.4. The molecule has 0 amide bonds. The average molecular weight is 333 g/mol. The maximum absolute atomic E-state index is 11.5. The summed E-state index contributed by atoms with van der Waals surface area (Å²) >= 11 is -2.33. The molecular formula is C17H21N2O3S-. The highest BCUT2D eigenvalue weighted by Crippen LogP contribution is 2.34. The molecule has 0 radical (unpaired) electrons. The number of rotatable bonds is 7. The Morgan fingerprint density at radius 3 is 2.70 bits per heavy atom. The standard InChI is InChI=1S/C17H22N2O3S/c1-4-6-16-13(5-2)15-8-12(23(20)21)7-14(17(15)22-16)11(9-18)10-19-3/h7-11,18H,4-6H2,1-3H3,(H,20,21)/p-1. The minimum atomic E-state index is -2.33. The van der Waals surface area contributed by atoms with E-state index in [1.165, 1.54) is 6.21 Å². The van der Waals surface area contributed by atoms with Crippen molar-refractivity contribution in [1.82, 2.24) is 0 Å². The Kier molecular flexibility index (Phi) is 5.85. The molecule has 6 heteroatoms. The zero-order valence-electron chi connectivity index (χ0n) is 13.6. The summed E-state index contributed by atoms with van der Waals surface area (Å²) in [5, 5.41) is 8.45. The molecule has 0 bridgehead atoms. The van der Waals surface area contributed by atoms with E-state index >= 15 is 0 Å². The summed E-state index contributed by atoms with van der Waals surface area (Å²) in [4.78, 5) is 4.19. The monoisotopic (exact) mass is 333 g/mol. The van der Waals surface area contributed by atoms with Crippen LogP contribution in [0.4, 0.5) is 0 Å². The summed E-state index contributed by atoms with van der Waals surface area (Å²) in [6.45, 7) is 4.11. The summed E-state index contributed by atoms with van der Waals surface area (Å²) in [6, 6.07) is 3.23. The summed E-state index contributed by atoms with van der Waals surface area (Å²) < 4.78 is 29.0. The van der Waals surface area contributed by atoms with Crippen LogP contribution in [0.25, 0.3) is 11.0 Å². The van der Waals surface area contributed by atoms with Gasteiger partial charge in [-0.25, -0.2) is 0 Å². The van der Waals surface area contributed by atoms with Crippen molar-refractivity contribution >= 4 is 34.5 Å². The minimum absolute atomic E-state index is 0.211. The Balaban J connectivity index is 2.82. The largest absolute Gasteiger partial charge is 0.768 e. The second-order valence-electron chi connectivity index (χ2n) is 5.33. The molecule has 0 saturated carbocycles. The lowest BCUT2D eigenvalue weighted by Gasteiger charge is -2.12. The third-order valence-electron chi connectivity index (χ3n) is 3.85. The van der Waals surface area contributed by atoms with E-state index in [0.29, 0.717) is 11.1 Å². The molecule has 0 aliphatic rings. The number of hydrogen-bond donors (Lipinski definition) is 1. The number of hydrogen-bond acceptors (Lipinski definition) is 5. The molecule has 2 unspecified atom stereocenters. The molecule has 0 spiro atoms. The maximum atomic E-state index is 11.5. The number of aliphatic imine (C=N–C) groups is 1. The van der Waals surface area contributed by atoms with Gasteiger partial charge in [-0.1, -0.05) is 13.8 Å². The Labute approximate surface area is 138 Å². The van der Waals surface area contributed by atoms with Gasteiger partial charge in [0.05, 0.1) is 5.92 Å². The Hall–Kier alpha value is -1.79. The predicted octanol–water partition coefficient (Wildman–Crippen LogP) is 3.62. The second-order valence-corrected chi connectivity index (χ2v) is 6.27. The molecule has 23 heavy (non-hydrogen) atoms. The Bertz CT molecular complexity index is 765. The van der Waals surface area contributed by atoms with Crippen molar-refractivity contribution < 1.29 is 13.2 Å². The number of fused-ring (bicyclic) bond motifs is 1.